The van der Waals surface area contributed by atoms with E-state index in [4.69, 9.17) is 10.2 Å². The van der Waals surface area contributed by atoms with Crippen LogP contribution in [0.5, 0.6) is 0 Å². The van der Waals surface area contributed by atoms with Gasteiger partial charge in [0.15, 0.2) is 4.67 Å². The molecular weight excluding hydrogens is 441 g/mol. The monoisotopic (exact) mass is 445 g/mol. The normalized spacial score (nSPS) is 10.9. The van der Waals surface area contributed by atoms with Crippen LogP contribution in [0.2, 0.25) is 0 Å². The van der Waals surface area contributed by atoms with Gasteiger partial charge in [-0.05, 0) is 60.5 Å². The quantitative estimate of drug-likeness (QED) is 0.721. The number of nitrogen functional groups attached to an aromatic ring is 1. The van der Waals surface area contributed by atoms with Crippen molar-refractivity contribution >= 4 is 60.3 Å². The fourth-order valence-corrected chi connectivity index (χ4v) is 2.18. The second kappa shape index (κ2) is 4.46. The molecule has 0 amide bonds. The second-order valence-electron chi connectivity index (χ2n) is 2.87. The molecule has 0 aliphatic rings. The number of nitrogens with zero attached hydrogens (tertiary/aromatic N) is 2. The molecule has 0 spiro atoms. The number of halogens is 3. The minimum absolute atomic E-state index is 0.527. The van der Waals surface area contributed by atoms with Crippen molar-refractivity contribution in [2.45, 2.75) is 6.54 Å². The number of rotatable bonds is 2. The Morgan fingerprint density at radius 2 is 2.27 bits per heavy atom. The van der Waals surface area contributed by atoms with Crippen molar-refractivity contribution in [3.8, 4) is 0 Å². The summed E-state index contributed by atoms with van der Waals surface area (Å²) >= 11 is 8.77. The van der Waals surface area contributed by atoms with E-state index in [2.05, 4.69) is 59.5 Å². The molecule has 7 heteroatoms. The third kappa shape index (κ3) is 2.39. The van der Waals surface area contributed by atoms with E-state index in [-0.39, 0.29) is 0 Å². The van der Waals surface area contributed by atoms with E-state index in [9.17, 15) is 0 Å². The van der Waals surface area contributed by atoms with Crippen LogP contribution in [-0.4, -0.2) is 9.78 Å². The first-order chi connectivity index (χ1) is 7.08. The zero-order valence-electron chi connectivity index (χ0n) is 7.38. The van der Waals surface area contributed by atoms with Gasteiger partial charge >= 0.3 is 0 Å². The van der Waals surface area contributed by atoms with Gasteiger partial charge in [-0.2, -0.15) is 5.10 Å². The van der Waals surface area contributed by atoms with Gasteiger partial charge in [0, 0.05) is 0 Å². The molecule has 0 unspecified atom stereocenters. The molecule has 0 saturated carbocycles. The molecule has 0 aromatic carbocycles. The standard InChI is InChI=1S/C8H6Br2IN3O/c9-5-1-4(15-7(5)10)3-14-8(12)6(11)2-13-14/h1-2H,3,12H2. The topological polar surface area (TPSA) is 57.0 Å². The van der Waals surface area contributed by atoms with Crippen molar-refractivity contribution in [3.63, 3.8) is 0 Å². The van der Waals surface area contributed by atoms with Crippen LogP contribution in [0, 0.1) is 3.57 Å². The van der Waals surface area contributed by atoms with Crippen LogP contribution in [0.4, 0.5) is 5.82 Å². The van der Waals surface area contributed by atoms with Crippen molar-refractivity contribution in [2.24, 2.45) is 0 Å². The highest BCUT2D eigenvalue weighted by Crippen LogP contribution is 2.27. The van der Waals surface area contributed by atoms with E-state index >= 15 is 0 Å². The molecule has 2 heterocycles. The third-order valence-electron chi connectivity index (χ3n) is 1.84. The second-order valence-corrected chi connectivity index (χ2v) is 5.61. The highest BCUT2D eigenvalue weighted by molar-refractivity contribution is 14.1. The number of furan rings is 1. The van der Waals surface area contributed by atoms with Crippen LogP contribution < -0.4 is 5.73 Å². The molecule has 0 radical (unpaired) electrons. The Morgan fingerprint density at radius 3 is 2.73 bits per heavy atom. The molecule has 2 aromatic rings. The molecule has 0 aliphatic carbocycles. The Labute approximate surface area is 117 Å². The lowest BCUT2D eigenvalue weighted by Gasteiger charge is -2.00. The van der Waals surface area contributed by atoms with Crippen LogP contribution in [0.25, 0.3) is 0 Å². The van der Waals surface area contributed by atoms with Crippen molar-refractivity contribution in [1.29, 1.82) is 0 Å². The van der Waals surface area contributed by atoms with E-state index in [1.54, 1.807) is 10.9 Å². The summed E-state index contributed by atoms with van der Waals surface area (Å²) in [5.74, 6) is 1.44. The molecule has 15 heavy (non-hydrogen) atoms. The van der Waals surface area contributed by atoms with Crippen molar-refractivity contribution in [1.82, 2.24) is 9.78 Å². The summed E-state index contributed by atoms with van der Waals surface area (Å²) < 4.78 is 9.63. The largest absolute Gasteiger partial charge is 0.451 e. The van der Waals surface area contributed by atoms with Crippen LogP contribution in [0.3, 0.4) is 0 Å². The van der Waals surface area contributed by atoms with Gasteiger partial charge in [-0.15, -0.1) is 0 Å². The molecule has 4 nitrogen and oxygen atoms in total. The van der Waals surface area contributed by atoms with Crippen LogP contribution >= 0.6 is 54.5 Å². The fourth-order valence-electron chi connectivity index (χ4n) is 1.11. The Balaban J connectivity index is 2.25. The minimum atomic E-state index is 0.527. The maximum atomic E-state index is 5.82. The first kappa shape index (κ1) is 11.5. The smallest absolute Gasteiger partial charge is 0.183 e. The minimum Gasteiger partial charge on any atom is -0.451 e. The maximum absolute atomic E-state index is 5.82. The average Bonchev–Trinajstić information content (AvgIpc) is 2.65. The van der Waals surface area contributed by atoms with Crippen molar-refractivity contribution in [3.05, 3.63) is 30.7 Å². The molecule has 0 saturated heterocycles. The summed E-state index contributed by atoms with van der Waals surface area (Å²) in [5, 5.41) is 4.14. The zero-order valence-corrected chi connectivity index (χ0v) is 12.7. The molecule has 2 N–H and O–H groups in total. The lowest BCUT2D eigenvalue weighted by Crippen LogP contribution is -2.05. The number of aromatic nitrogens is 2. The SMILES string of the molecule is Nc1c(I)cnn1Cc1cc(Br)c(Br)o1. The van der Waals surface area contributed by atoms with E-state index in [1.807, 2.05) is 6.07 Å². The third-order valence-corrected chi connectivity index (χ3v) is 4.38. The van der Waals surface area contributed by atoms with Crippen molar-refractivity contribution < 1.29 is 4.42 Å². The Hall–Kier alpha value is -0.0200. The van der Waals surface area contributed by atoms with Crippen molar-refractivity contribution in [2.75, 3.05) is 5.73 Å². The molecule has 2 rings (SSSR count). The van der Waals surface area contributed by atoms with Crippen LogP contribution in [0.15, 0.2) is 25.8 Å². The van der Waals surface area contributed by atoms with Gasteiger partial charge in [-0.1, -0.05) is 0 Å². The van der Waals surface area contributed by atoms with Crippen LogP contribution in [0.1, 0.15) is 5.76 Å². The first-order valence-corrected chi connectivity index (χ1v) is 6.65. The van der Waals surface area contributed by atoms with Gasteiger partial charge < -0.3 is 10.2 Å². The predicted molar refractivity (Wildman–Crippen MR) is 72.6 cm³/mol. The highest BCUT2D eigenvalue weighted by atomic mass is 127. The summed E-state index contributed by atoms with van der Waals surface area (Å²) in [6.45, 7) is 0.527. The van der Waals surface area contributed by atoms with Gasteiger partial charge in [0.1, 0.15) is 18.1 Å². The molecule has 0 bridgehead atoms. The van der Waals surface area contributed by atoms with Gasteiger partial charge in [0.25, 0.3) is 0 Å². The van der Waals surface area contributed by atoms with Gasteiger partial charge in [0.2, 0.25) is 0 Å². The lowest BCUT2D eigenvalue weighted by molar-refractivity contribution is 0.463. The van der Waals surface area contributed by atoms with Crippen LogP contribution in [-0.2, 0) is 6.54 Å². The fraction of sp³-hybridized carbons (Fsp3) is 0.125. The van der Waals surface area contributed by atoms with E-state index < -0.39 is 0 Å². The Morgan fingerprint density at radius 1 is 1.53 bits per heavy atom. The molecule has 0 atom stereocenters. The zero-order chi connectivity index (χ0) is 11.0. The van der Waals surface area contributed by atoms with E-state index in [0.717, 1.165) is 13.8 Å². The number of nitrogens with two attached hydrogens (primary N) is 1. The molecular formula is C8H6Br2IN3O. The van der Waals surface area contributed by atoms with Gasteiger partial charge in [0.05, 0.1) is 14.2 Å². The number of hydrogen-bond acceptors (Lipinski definition) is 3. The Kier molecular flexibility index (Phi) is 3.41. The number of anilines is 1. The van der Waals surface area contributed by atoms with Gasteiger partial charge in [-0.25, -0.2) is 4.68 Å². The van der Waals surface area contributed by atoms with E-state index in [0.29, 0.717) is 17.0 Å². The summed E-state index contributed by atoms with van der Waals surface area (Å²) in [5.41, 5.74) is 5.82. The molecule has 80 valence electrons. The summed E-state index contributed by atoms with van der Waals surface area (Å²) in [4.78, 5) is 0. The number of hydrogen-bond donors (Lipinski definition) is 1. The van der Waals surface area contributed by atoms with Gasteiger partial charge in [-0.3, -0.25) is 0 Å². The predicted octanol–water partition coefficient (Wildman–Crippen LogP) is 3.24. The summed E-state index contributed by atoms with van der Waals surface area (Å²) in [6, 6.07) is 1.89. The summed E-state index contributed by atoms with van der Waals surface area (Å²) in [7, 11) is 0. The first-order valence-electron chi connectivity index (χ1n) is 3.98. The summed E-state index contributed by atoms with van der Waals surface area (Å²) in [6.07, 6.45) is 1.73. The molecule has 2 aromatic heterocycles. The lowest BCUT2D eigenvalue weighted by atomic mass is 10.4. The molecule has 0 fully saturated rings. The average molecular weight is 447 g/mol. The van der Waals surface area contributed by atoms with E-state index in [1.165, 1.54) is 0 Å². The maximum Gasteiger partial charge on any atom is 0.183 e. The molecule has 0 aliphatic heterocycles. The highest BCUT2D eigenvalue weighted by Gasteiger charge is 2.10. The Bertz CT molecular complexity index is 475.